The van der Waals surface area contributed by atoms with Crippen LogP contribution >= 0.6 is 0 Å². The maximum absolute atomic E-state index is 13.3. The number of rotatable bonds is 8. The number of amides is 1. The van der Waals surface area contributed by atoms with E-state index in [4.69, 9.17) is 4.74 Å². The van der Waals surface area contributed by atoms with Gasteiger partial charge in [-0.3, -0.25) is 14.4 Å². The highest BCUT2D eigenvalue weighted by Crippen LogP contribution is 2.29. The number of allylic oxidation sites excluding steroid dienone is 2. The number of pyridine rings is 1. The normalized spacial score (nSPS) is 12.6. The molecule has 0 spiro atoms. The first-order valence-corrected chi connectivity index (χ1v) is 12.0. The highest BCUT2D eigenvalue weighted by atomic mass is 16.5. The van der Waals surface area contributed by atoms with Crippen LogP contribution in [-0.2, 0) is 6.61 Å². The SMILES string of the molecule is CCN(CC)C(=O)c1cc(NC2=CC(=O)c3nc(C)cc(C)c3C2=O)ccc1OCc1ccccc1. The number of anilines is 1. The van der Waals surface area contributed by atoms with Gasteiger partial charge in [0.05, 0.1) is 16.8 Å². The first kappa shape index (κ1) is 24.9. The number of hydrogen-bond donors (Lipinski definition) is 1. The Labute approximate surface area is 210 Å². The molecule has 1 amide bonds. The molecule has 1 N–H and O–H groups in total. The third-order valence-corrected chi connectivity index (χ3v) is 6.10. The largest absolute Gasteiger partial charge is 0.488 e. The van der Waals surface area contributed by atoms with Gasteiger partial charge < -0.3 is 15.0 Å². The molecule has 7 nitrogen and oxygen atoms in total. The molecule has 1 aliphatic carbocycles. The summed E-state index contributed by atoms with van der Waals surface area (Å²) in [5.74, 6) is -0.369. The van der Waals surface area contributed by atoms with E-state index in [1.165, 1.54) is 6.08 Å². The summed E-state index contributed by atoms with van der Waals surface area (Å²) in [5, 5.41) is 3.05. The van der Waals surface area contributed by atoms with Crippen molar-refractivity contribution in [3.8, 4) is 5.75 Å². The van der Waals surface area contributed by atoms with E-state index in [0.717, 1.165) is 5.56 Å². The number of aryl methyl sites for hydroxylation is 2. The monoisotopic (exact) mass is 483 g/mol. The van der Waals surface area contributed by atoms with Gasteiger partial charge >= 0.3 is 0 Å². The molecule has 36 heavy (non-hydrogen) atoms. The van der Waals surface area contributed by atoms with Crippen LogP contribution in [0, 0.1) is 13.8 Å². The van der Waals surface area contributed by atoms with E-state index in [9.17, 15) is 14.4 Å². The molecule has 184 valence electrons. The van der Waals surface area contributed by atoms with Crippen molar-refractivity contribution in [3.05, 3.63) is 100 Å². The zero-order valence-corrected chi connectivity index (χ0v) is 20.9. The number of nitrogens with zero attached hydrogens (tertiary/aromatic N) is 2. The van der Waals surface area contributed by atoms with Crippen LogP contribution in [0.15, 0.2) is 66.4 Å². The van der Waals surface area contributed by atoms with E-state index in [2.05, 4.69) is 10.3 Å². The molecule has 4 rings (SSSR count). The molecule has 0 saturated carbocycles. The zero-order chi connectivity index (χ0) is 25.8. The van der Waals surface area contributed by atoms with Crippen molar-refractivity contribution in [2.24, 2.45) is 0 Å². The standard InChI is InChI=1S/C29H29N3O4/c1-5-32(6-2)29(35)22-15-21(12-13-25(22)36-17-20-10-8-7-9-11-20)31-23-16-24(33)27-26(28(23)34)18(3)14-19(4)30-27/h7-16,31H,5-6,17H2,1-4H3. The van der Waals surface area contributed by atoms with Crippen LogP contribution in [-0.4, -0.2) is 40.4 Å². The van der Waals surface area contributed by atoms with Crippen LogP contribution in [0.1, 0.15) is 61.9 Å². The number of carbonyl (C=O) groups is 3. The van der Waals surface area contributed by atoms with E-state index < -0.39 is 0 Å². The molecule has 0 bridgehead atoms. The van der Waals surface area contributed by atoms with Crippen molar-refractivity contribution in [2.75, 3.05) is 18.4 Å². The van der Waals surface area contributed by atoms with Gasteiger partial charge in [0.25, 0.3) is 5.91 Å². The Hall–Kier alpha value is -4.26. The second-order valence-corrected chi connectivity index (χ2v) is 8.64. The lowest BCUT2D eigenvalue weighted by atomic mass is 9.92. The first-order chi connectivity index (χ1) is 17.3. The highest BCUT2D eigenvalue weighted by molar-refractivity contribution is 6.25. The Morgan fingerprint density at radius 3 is 2.42 bits per heavy atom. The van der Waals surface area contributed by atoms with E-state index in [1.807, 2.05) is 44.2 Å². The number of hydrogen-bond acceptors (Lipinski definition) is 6. The van der Waals surface area contributed by atoms with Gasteiger partial charge in [-0.05, 0) is 63.1 Å². The van der Waals surface area contributed by atoms with Crippen LogP contribution in [0.3, 0.4) is 0 Å². The lowest BCUT2D eigenvalue weighted by molar-refractivity contribution is 0.0767. The second kappa shape index (κ2) is 10.6. The molecule has 0 unspecified atom stereocenters. The molecule has 0 atom stereocenters. The fourth-order valence-electron chi connectivity index (χ4n) is 4.27. The minimum atomic E-state index is -0.332. The average Bonchev–Trinajstić information content (AvgIpc) is 2.87. The predicted octanol–water partition coefficient (Wildman–Crippen LogP) is 5.13. The Kier molecular flexibility index (Phi) is 7.29. The minimum Gasteiger partial charge on any atom is -0.488 e. The number of fused-ring (bicyclic) bond motifs is 1. The molecule has 7 heteroatoms. The maximum Gasteiger partial charge on any atom is 0.257 e. The van der Waals surface area contributed by atoms with Gasteiger partial charge in [0.15, 0.2) is 0 Å². The molecular formula is C29H29N3O4. The van der Waals surface area contributed by atoms with E-state index in [0.29, 0.717) is 53.5 Å². The number of ether oxygens (including phenoxy) is 1. The second-order valence-electron chi connectivity index (χ2n) is 8.64. The van der Waals surface area contributed by atoms with Gasteiger partial charge in [-0.15, -0.1) is 0 Å². The summed E-state index contributed by atoms with van der Waals surface area (Å²) in [6.07, 6.45) is 1.27. The van der Waals surface area contributed by atoms with Crippen molar-refractivity contribution >= 4 is 23.2 Å². The molecule has 0 aliphatic heterocycles. The molecule has 2 aromatic carbocycles. The Morgan fingerprint density at radius 2 is 1.72 bits per heavy atom. The summed E-state index contributed by atoms with van der Waals surface area (Å²) >= 11 is 0. The molecule has 1 aliphatic rings. The van der Waals surface area contributed by atoms with Crippen molar-refractivity contribution in [1.29, 1.82) is 0 Å². The third-order valence-electron chi connectivity index (χ3n) is 6.10. The van der Waals surface area contributed by atoms with Gasteiger partial charge in [0.1, 0.15) is 18.1 Å². The summed E-state index contributed by atoms with van der Waals surface area (Å²) in [7, 11) is 0. The third kappa shape index (κ3) is 5.05. The number of nitrogens with one attached hydrogen (secondary N) is 1. The maximum atomic E-state index is 13.3. The van der Waals surface area contributed by atoms with Crippen LogP contribution in [0.4, 0.5) is 5.69 Å². The topological polar surface area (TPSA) is 88.6 Å². The summed E-state index contributed by atoms with van der Waals surface area (Å²) in [6, 6.07) is 16.6. The average molecular weight is 484 g/mol. The van der Waals surface area contributed by atoms with Gasteiger partial charge in [-0.2, -0.15) is 0 Å². The van der Waals surface area contributed by atoms with Crippen LogP contribution in [0.2, 0.25) is 0 Å². The molecule has 0 saturated heterocycles. The Balaban J connectivity index is 1.65. The number of carbonyl (C=O) groups excluding carboxylic acids is 3. The fourth-order valence-corrected chi connectivity index (χ4v) is 4.27. The molecule has 1 heterocycles. The van der Waals surface area contributed by atoms with Crippen molar-refractivity contribution in [3.63, 3.8) is 0 Å². The number of ketones is 2. The van der Waals surface area contributed by atoms with Gasteiger partial charge in [-0.1, -0.05) is 30.3 Å². The zero-order valence-electron chi connectivity index (χ0n) is 20.9. The lowest BCUT2D eigenvalue weighted by Crippen LogP contribution is -2.31. The van der Waals surface area contributed by atoms with Crippen LogP contribution in [0.25, 0.3) is 0 Å². The van der Waals surface area contributed by atoms with Crippen molar-refractivity contribution < 1.29 is 19.1 Å². The van der Waals surface area contributed by atoms with E-state index in [1.54, 1.807) is 43.0 Å². The summed E-state index contributed by atoms with van der Waals surface area (Å²) in [4.78, 5) is 45.3. The van der Waals surface area contributed by atoms with Crippen LogP contribution in [0.5, 0.6) is 5.75 Å². The molecule has 0 fully saturated rings. The van der Waals surface area contributed by atoms with Crippen LogP contribution < -0.4 is 10.1 Å². The fraction of sp³-hybridized carbons (Fsp3) is 0.241. The quantitative estimate of drug-likeness (QED) is 0.478. The van der Waals surface area contributed by atoms with E-state index in [-0.39, 0.29) is 28.9 Å². The lowest BCUT2D eigenvalue weighted by Gasteiger charge is -2.22. The van der Waals surface area contributed by atoms with E-state index >= 15 is 0 Å². The van der Waals surface area contributed by atoms with Gasteiger partial charge in [-0.25, -0.2) is 4.98 Å². The molecular weight excluding hydrogens is 454 g/mol. The first-order valence-electron chi connectivity index (χ1n) is 12.0. The number of benzene rings is 2. The Morgan fingerprint density at radius 1 is 1.00 bits per heavy atom. The molecule has 0 radical (unpaired) electrons. The van der Waals surface area contributed by atoms with Crippen molar-refractivity contribution in [2.45, 2.75) is 34.3 Å². The predicted molar refractivity (Wildman–Crippen MR) is 139 cm³/mol. The number of aromatic nitrogens is 1. The minimum absolute atomic E-state index is 0.139. The number of Topliss-reactive ketones (excluding diaryl/α,β-unsaturated/α-hetero) is 1. The van der Waals surface area contributed by atoms with Crippen molar-refractivity contribution in [1.82, 2.24) is 9.88 Å². The highest BCUT2D eigenvalue weighted by Gasteiger charge is 2.29. The molecule has 1 aromatic heterocycles. The van der Waals surface area contributed by atoms with Gasteiger partial charge in [0.2, 0.25) is 11.6 Å². The molecule has 3 aromatic rings. The summed E-state index contributed by atoms with van der Waals surface area (Å²) in [6.45, 7) is 8.82. The summed E-state index contributed by atoms with van der Waals surface area (Å²) < 4.78 is 6.02. The smallest absolute Gasteiger partial charge is 0.257 e. The van der Waals surface area contributed by atoms with Gasteiger partial charge in [0, 0.05) is 30.5 Å². The summed E-state index contributed by atoms with van der Waals surface area (Å²) in [5.41, 5.74) is 3.86. The Bertz CT molecular complexity index is 1360.